The molecule has 43 heavy (non-hydrogen) atoms. The number of aliphatic hydroxyl groups excluding tert-OH is 3. The molecular formula is C36H58O7. The number of allylic oxidation sites excluding steroid dienone is 1. The summed E-state index contributed by atoms with van der Waals surface area (Å²) in [6, 6.07) is 0. The molecule has 4 N–H and O–H groups in total. The van der Waals surface area contributed by atoms with Crippen molar-refractivity contribution in [1.29, 1.82) is 0 Å². The van der Waals surface area contributed by atoms with E-state index in [-0.39, 0.29) is 54.7 Å². The molecule has 0 heterocycles. The van der Waals surface area contributed by atoms with E-state index in [9.17, 15) is 30.0 Å². The van der Waals surface area contributed by atoms with Gasteiger partial charge in [0.15, 0.2) is 5.78 Å². The largest absolute Gasteiger partial charge is 0.461 e. The summed E-state index contributed by atoms with van der Waals surface area (Å²) in [6.07, 6.45) is 17.1. The Morgan fingerprint density at radius 3 is 2.07 bits per heavy atom. The highest BCUT2D eigenvalue weighted by molar-refractivity contribution is 5.95. The summed E-state index contributed by atoms with van der Waals surface area (Å²) in [4.78, 5) is 27.0. The Morgan fingerprint density at radius 2 is 1.51 bits per heavy atom. The Morgan fingerprint density at radius 1 is 0.953 bits per heavy atom. The number of Topliss-reactive ketones (excluding diaryl/α,β-unsaturated/α-hetero) is 1. The molecule has 9 atom stereocenters. The fourth-order valence-corrected chi connectivity index (χ4v) is 8.99. The Hall–Kier alpha value is -1.54. The average molecular weight is 603 g/mol. The quantitative estimate of drug-likeness (QED) is 0.0940. The van der Waals surface area contributed by atoms with Gasteiger partial charge in [0.1, 0.15) is 24.4 Å². The summed E-state index contributed by atoms with van der Waals surface area (Å²) in [5.74, 6) is -1.65. The van der Waals surface area contributed by atoms with Crippen molar-refractivity contribution in [2.45, 2.75) is 142 Å². The molecule has 7 heteroatoms. The molecule has 0 radical (unpaired) electrons. The van der Waals surface area contributed by atoms with Crippen molar-refractivity contribution < 1.29 is 34.8 Å². The fourth-order valence-electron chi connectivity index (χ4n) is 8.99. The van der Waals surface area contributed by atoms with Crippen LogP contribution in [0.3, 0.4) is 0 Å². The lowest BCUT2D eigenvalue weighted by atomic mass is 9.59. The van der Waals surface area contributed by atoms with Crippen LogP contribution in [0.15, 0.2) is 23.3 Å². The summed E-state index contributed by atoms with van der Waals surface area (Å²) in [5.41, 5.74) is -3.32. The van der Waals surface area contributed by atoms with Gasteiger partial charge in [-0.3, -0.25) is 9.59 Å². The van der Waals surface area contributed by atoms with E-state index in [1.54, 1.807) is 19.1 Å². The van der Waals surface area contributed by atoms with Crippen LogP contribution in [0, 0.1) is 34.5 Å². The first-order chi connectivity index (χ1) is 20.5. The molecule has 244 valence electrons. The van der Waals surface area contributed by atoms with Crippen LogP contribution < -0.4 is 0 Å². The molecular weight excluding hydrogens is 544 g/mol. The molecule has 4 rings (SSSR count). The number of rotatable bonds is 17. The van der Waals surface area contributed by atoms with Crippen LogP contribution in [0.4, 0.5) is 0 Å². The lowest BCUT2D eigenvalue weighted by Gasteiger charge is -2.48. The van der Waals surface area contributed by atoms with Gasteiger partial charge in [-0.15, -0.1) is 0 Å². The van der Waals surface area contributed by atoms with Crippen LogP contribution in [0.1, 0.15) is 124 Å². The van der Waals surface area contributed by atoms with Gasteiger partial charge in [0.25, 0.3) is 0 Å². The zero-order valence-electron chi connectivity index (χ0n) is 27.2. The topological polar surface area (TPSA) is 124 Å². The lowest BCUT2D eigenvalue weighted by molar-refractivity contribution is -0.190. The first-order valence-corrected chi connectivity index (χ1v) is 17.3. The minimum absolute atomic E-state index is 0.0482. The summed E-state index contributed by atoms with van der Waals surface area (Å²) in [5, 5.41) is 45.1. The van der Waals surface area contributed by atoms with Gasteiger partial charge in [0, 0.05) is 18.9 Å². The average Bonchev–Trinajstić information content (AvgIpc) is 3.54. The van der Waals surface area contributed by atoms with Crippen LogP contribution in [0.25, 0.3) is 0 Å². The van der Waals surface area contributed by atoms with Crippen LogP contribution in [0.2, 0.25) is 0 Å². The molecule has 4 aliphatic carbocycles. The van der Waals surface area contributed by atoms with E-state index in [0.29, 0.717) is 12.0 Å². The SMILES string of the molecule is CCCCCCCCCCCCCCCC(=O)OCC1=C[C@H]2C(=O)[C@]3(C=C(C)[C@H](O)[C@@]3(O)[C@@H]1O)[C@H](C)C[C@@H]1[C@H]2[C@]1(C)CO. The first kappa shape index (κ1) is 34.3. The summed E-state index contributed by atoms with van der Waals surface area (Å²) in [6.45, 7) is 7.52. The number of ketones is 1. The van der Waals surface area contributed by atoms with E-state index < -0.39 is 34.6 Å². The maximum atomic E-state index is 14.3. The Labute approximate surface area is 259 Å². The molecule has 0 aromatic heterocycles. The van der Waals surface area contributed by atoms with Crippen LogP contribution in [0.5, 0.6) is 0 Å². The van der Waals surface area contributed by atoms with Gasteiger partial charge < -0.3 is 25.2 Å². The van der Waals surface area contributed by atoms with Gasteiger partial charge in [-0.1, -0.05) is 110 Å². The number of carbonyl (C=O) groups excluding carboxylic acids is 2. The third-order valence-electron chi connectivity index (χ3n) is 11.8. The summed E-state index contributed by atoms with van der Waals surface area (Å²) < 4.78 is 5.60. The molecule has 0 aliphatic heterocycles. The molecule has 2 bridgehead atoms. The van der Waals surface area contributed by atoms with Crippen molar-refractivity contribution in [3.8, 4) is 0 Å². The van der Waals surface area contributed by atoms with Gasteiger partial charge in [-0.25, -0.2) is 0 Å². The number of unbranched alkanes of at least 4 members (excludes halogenated alkanes) is 12. The zero-order chi connectivity index (χ0) is 31.4. The fraction of sp³-hybridized carbons (Fsp3) is 0.833. The number of fused-ring (bicyclic) bond motifs is 3. The van der Waals surface area contributed by atoms with Crippen molar-refractivity contribution in [3.63, 3.8) is 0 Å². The number of aliphatic hydroxyl groups is 4. The maximum Gasteiger partial charge on any atom is 0.306 e. The van der Waals surface area contributed by atoms with Gasteiger partial charge in [-0.05, 0) is 54.1 Å². The van der Waals surface area contributed by atoms with E-state index in [4.69, 9.17) is 4.74 Å². The predicted molar refractivity (Wildman–Crippen MR) is 167 cm³/mol. The smallest absolute Gasteiger partial charge is 0.306 e. The monoisotopic (exact) mass is 602 g/mol. The number of ether oxygens (including phenoxy) is 1. The van der Waals surface area contributed by atoms with E-state index >= 15 is 0 Å². The maximum absolute atomic E-state index is 14.3. The van der Waals surface area contributed by atoms with Crippen LogP contribution in [-0.2, 0) is 14.3 Å². The molecule has 2 saturated carbocycles. The predicted octanol–water partition coefficient (Wildman–Crippen LogP) is 5.82. The van der Waals surface area contributed by atoms with Gasteiger partial charge in [0.05, 0.1) is 5.41 Å². The number of esters is 1. The highest BCUT2D eigenvalue weighted by Gasteiger charge is 2.76. The number of carbonyl (C=O) groups is 2. The molecule has 0 aromatic rings. The Kier molecular flexibility index (Phi) is 11.4. The standard InChI is InChI=1S/C36H58O7/c1-5-6-7-8-9-10-11-12-13-14-15-16-17-18-29(38)43-22-26-20-27-30-28(34(30,4)23-37)19-25(3)35(33(27)41)21-24(2)31(39)36(35,42)32(26)40/h20-21,25,27-28,30-32,37,39-40,42H,5-19,22-23H2,1-4H3/t25-,27-,28-,30+,31+,32-,34-,35+,36-/m1/s1. The van der Waals surface area contributed by atoms with E-state index in [1.165, 1.54) is 64.2 Å². The van der Waals surface area contributed by atoms with Gasteiger partial charge in [0.2, 0.25) is 0 Å². The molecule has 0 aromatic carbocycles. The van der Waals surface area contributed by atoms with E-state index in [1.807, 2.05) is 13.8 Å². The Balaban J connectivity index is 1.29. The third kappa shape index (κ3) is 6.30. The number of hydrogen-bond acceptors (Lipinski definition) is 7. The van der Waals surface area contributed by atoms with E-state index in [2.05, 4.69) is 6.92 Å². The van der Waals surface area contributed by atoms with Crippen molar-refractivity contribution in [3.05, 3.63) is 23.3 Å². The summed E-state index contributed by atoms with van der Waals surface area (Å²) in [7, 11) is 0. The molecule has 0 amide bonds. The van der Waals surface area contributed by atoms with Gasteiger partial charge >= 0.3 is 5.97 Å². The normalized spacial score (nSPS) is 38.0. The minimum atomic E-state index is -2.15. The van der Waals surface area contributed by atoms with Gasteiger partial charge in [-0.2, -0.15) is 0 Å². The second kappa shape index (κ2) is 14.3. The highest BCUT2D eigenvalue weighted by Crippen LogP contribution is 2.71. The molecule has 1 spiro atoms. The zero-order valence-corrected chi connectivity index (χ0v) is 27.2. The van der Waals surface area contributed by atoms with Crippen molar-refractivity contribution >= 4 is 11.8 Å². The van der Waals surface area contributed by atoms with Crippen LogP contribution in [-0.4, -0.2) is 63.2 Å². The summed E-state index contributed by atoms with van der Waals surface area (Å²) >= 11 is 0. The van der Waals surface area contributed by atoms with Crippen LogP contribution >= 0.6 is 0 Å². The highest BCUT2D eigenvalue weighted by atomic mass is 16.5. The van der Waals surface area contributed by atoms with E-state index in [0.717, 1.165) is 19.3 Å². The second-order valence-electron chi connectivity index (χ2n) is 14.6. The molecule has 0 saturated heterocycles. The molecule has 2 fully saturated rings. The number of hydrogen-bond donors (Lipinski definition) is 4. The third-order valence-corrected chi connectivity index (χ3v) is 11.8. The molecule has 4 aliphatic rings. The lowest BCUT2D eigenvalue weighted by Crippen LogP contribution is -2.65. The Bertz CT molecular complexity index is 1050. The van der Waals surface area contributed by atoms with Crippen molar-refractivity contribution in [2.24, 2.45) is 34.5 Å². The second-order valence-corrected chi connectivity index (χ2v) is 14.6. The molecule has 0 unspecified atom stereocenters. The first-order valence-electron chi connectivity index (χ1n) is 17.3. The minimum Gasteiger partial charge on any atom is -0.461 e. The van der Waals surface area contributed by atoms with Crippen molar-refractivity contribution in [1.82, 2.24) is 0 Å². The van der Waals surface area contributed by atoms with Crippen molar-refractivity contribution in [2.75, 3.05) is 13.2 Å². The molecule has 7 nitrogen and oxygen atoms in total.